The number of Topliss-reactive ketones (excluding diaryl/α,β-unsaturated/α-hetero) is 1. The molecule has 206 valence electrons. The molecular weight excluding hydrogens is 504 g/mol. The Morgan fingerprint density at radius 1 is 0.718 bits per heavy atom. The number of aliphatic hydroxyl groups excluding tert-OH is 3. The van der Waals surface area contributed by atoms with Gasteiger partial charge in [-0.25, -0.2) is 0 Å². The maximum atomic E-state index is 14.0. The van der Waals surface area contributed by atoms with Crippen LogP contribution in [0, 0.1) is 0 Å². The Kier molecular flexibility index (Phi) is 8.44. The van der Waals surface area contributed by atoms with Gasteiger partial charge in [-0.05, 0) is 53.1 Å². The maximum Gasteiger partial charge on any atom is 0.190 e. The lowest BCUT2D eigenvalue weighted by Crippen LogP contribution is -2.08. The van der Waals surface area contributed by atoms with Crippen molar-refractivity contribution in [3.05, 3.63) is 80.9 Å². The van der Waals surface area contributed by atoms with Crippen molar-refractivity contribution in [2.75, 3.05) is 35.5 Å². The molecule has 4 rings (SSSR count). The molecule has 0 amide bonds. The number of benzene rings is 3. The van der Waals surface area contributed by atoms with Crippen LogP contribution in [0.4, 0.5) is 0 Å². The predicted octanol–water partition coefficient (Wildman–Crippen LogP) is 3.62. The summed E-state index contributed by atoms with van der Waals surface area (Å²) in [6.45, 7) is -1.09. The number of hydrogen-bond acceptors (Lipinski definition) is 9. The number of methoxy groups -OCH3 is 5. The van der Waals surface area contributed by atoms with Gasteiger partial charge >= 0.3 is 0 Å². The molecule has 9 heteroatoms. The zero-order valence-corrected chi connectivity index (χ0v) is 22.5. The zero-order chi connectivity index (χ0) is 28.3. The second-order valence-electron chi connectivity index (χ2n) is 8.87. The maximum absolute atomic E-state index is 14.0. The first kappa shape index (κ1) is 28.0. The minimum atomic E-state index is -0.654. The lowest BCUT2D eigenvalue weighted by Gasteiger charge is -2.22. The van der Waals surface area contributed by atoms with Crippen molar-refractivity contribution in [3.8, 4) is 28.7 Å². The molecule has 3 aromatic rings. The van der Waals surface area contributed by atoms with E-state index in [2.05, 4.69) is 0 Å². The smallest absolute Gasteiger partial charge is 0.190 e. The largest absolute Gasteiger partial charge is 0.496 e. The molecule has 0 fully saturated rings. The Morgan fingerprint density at radius 3 is 1.95 bits per heavy atom. The summed E-state index contributed by atoms with van der Waals surface area (Å²) in [6, 6.07) is 10.4. The Bertz CT molecular complexity index is 1400. The van der Waals surface area contributed by atoms with E-state index in [1.807, 2.05) is 6.07 Å². The lowest BCUT2D eigenvalue weighted by molar-refractivity contribution is 0.103. The Hall–Kier alpha value is -4.05. The first-order valence-electron chi connectivity index (χ1n) is 12.2. The van der Waals surface area contributed by atoms with E-state index in [0.717, 1.165) is 0 Å². The van der Waals surface area contributed by atoms with Crippen molar-refractivity contribution in [1.29, 1.82) is 0 Å². The van der Waals surface area contributed by atoms with Crippen LogP contribution >= 0.6 is 0 Å². The first-order valence-corrected chi connectivity index (χ1v) is 12.2. The third-order valence-corrected chi connectivity index (χ3v) is 6.97. The molecular formula is C30H32O9. The molecule has 0 aliphatic heterocycles. The number of ether oxygens (including phenoxy) is 5. The normalized spacial score (nSPS) is 15.3. The van der Waals surface area contributed by atoms with Crippen LogP contribution in [0.3, 0.4) is 0 Å². The molecule has 0 saturated heterocycles. The van der Waals surface area contributed by atoms with Gasteiger partial charge in [-0.15, -0.1) is 0 Å². The van der Waals surface area contributed by atoms with Crippen molar-refractivity contribution in [2.24, 2.45) is 0 Å². The van der Waals surface area contributed by atoms with E-state index in [0.29, 0.717) is 73.3 Å². The fourth-order valence-electron chi connectivity index (χ4n) is 5.20. The number of fused-ring (bicyclic) bond motifs is 1. The molecule has 3 N–H and O–H groups in total. The van der Waals surface area contributed by atoms with E-state index in [1.54, 1.807) is 43.5 Å². The van der Waals surface area contributed by atoms with Crippen LogP contribution < -0.4 is 23.7 Å². The van der Waals surface area contributed by atoms with Gasteiger partial charge in [0.15, 0.2) is 28.8 Å². The summed E-state index contributed by atoms with van der Waals surface area (Å²) in [5, 5.41) is 30.3. The third-order valence-electron chi connectivity index (χ3n) is 6.97. The molecule has 39 heavy (non-hydrogen) atoms. The molecule has 0 heterocycles. The standard InChI is InChI=1S/C30H32O9/c1-35-23-7-6-16(9-24(23)36-2)8-20-26(17-10-19(14-32)29(38-4)25(12-17)37-3)27-21(28(20)34)11-18(13-31)22(15-33)30(27)39-5/h6-12,26,31-33H,13-15H2,1-5H3/b20-8-. The van der Waals surface area contributed by atoms with Crippen molar-refractivity contribution in [3.63, 3.8) is 0 Å². The summed E-state index contributed by atoms with van der Waals surface area (Å²) >= 11 is 0. The van der Waals surface area contributed by atoms with Gasteiger partial charge in [0, 0.05) is 33.7 Å². The number of ketones is 1. The zero-order valence-electron chi connectivity index (χ0n) is 22.5. The molecule has 0 radical (unpaired) electrons. The van der Waals surface area contributed by atoms with Gasteiger partial charge < -0.3 is 39.0 Å². The summed E-state index contributed by atoms with van der Waals surface area (Å²) in [6.07, 6.45) is 1.76. The third kappa shape index (κ3) is 4.80. The molecule has 0 saturated carbocycles. The van der Waals surface area contributed by atoms with Gasteiger partial charge in [-0.3, -0.25) is 4.79 Å². The quantitative estimate of drug-likeness (QED) is 0.333. The molecule has 1 aliphatic rings. The highest BCUT2D eigenvalue weighted by molar-refractivity contribution is 6.18. The molecule has 9 nitrogen and oxygen atoms in total. The minimum absolute atomic E-state index is 0.261. The van der Waals surface area contributed by atoms with Gasteiger partial charge in [-0.2, -0.15) is 0 Å². The highest BCUT2D eigenvalue weighted by Gasteiger charge is 2.40. The molecule has 1 aliphatic carbocycles. The van der Waals surface area contributed by atoms with Gasteiger partial charge in [-0.1, -0.05) is 6.07 Å². The van der Waals surface area contributed by atoms with E-state index in [1.165, 1.54) is 28.4 Å². The Labute approximate surface area is 226 Å². The highest BCUT2D eigenvalue weighted by Crippen LogP contribution is 2.51. The van der Waals surface area contributed by atoms with E-state index in [4.69, 9.17) is 23.7 Å². The van der Waals surface area contributed by atoms with Crippen molar-refractivity contribution < 1.29 is 43.8 Å². The number of allylic oxidation sites excluding steroid dienone is 1. The summed E-state index contributed by atoms with van der Waals surface area (Å²) in [5.74, 6) is 1.22. The highest BCUT2D eigenvalue weighted by atomic mass is 16.5. The topological polar surface area (TPSA) is 124 Å². The van der Waals surface area contributed by atoms with Crippen molar-refractivity contribution in [1.82, 2.24) is 0 Å². The monoisotopic (exact) mass is 536 g/mol. The average molecular weight is 537 g/mol. The summed E-state index contributed by atoms with van der Waals surface area (Å²) in [5.41, 5.74) is 3.94. The van der Waals surface area contributed by atoms with Gasteiger partial charge in [0.25, 0.3) is 0 Å². The van der Waals surface area contributed by atoms with Crippen LogP contribution in [-0.4, -0.2) is 56.7 Å². The van der Waals surface area contributed by atoms with E-state index >= 15 is 0 Å². The fraction of sp³-hybridized carbons (Fsp3) is 0.300. The van der Waals surface area contributed by atoms with Gasteiger partial charge in [0.05, 0.1) is 55.4 Å². The van der Waals surface area contributed by atoms with E-state index in [-0.39, 0.29) is 19.0 Å². The van der Waals surface area contributed by atoms with Crippen LogP contribution in [0.2, 0.25) is 0 Å². The lowest BCUT2D eigenvalue weighted by atomic mass is 9.85. The van der Waals surface area contributed by atoms with Gasteiger partial charge in [0.1, 0.15) is 5.75 Å². The van der Waals surface area contributed by atoms with Gasteiger partial charge in [0.2, 0.25) is 0 Å². The number of aliphatic hydroxyl groups is 3. The molecule has 0 bridgehead atoms. The SMILES string of the molecule is COc1ccc(/C=C2\C(=O)c3cc(CO)c(CO)c(OC)c3C2c2cc(CO)c(OC)c(OC)c2)cc1OC. The molecule has 3 aromatic carbocycles. The van der Waals surface area contributed by atoms with Crippen LogP contribution in [0.25, 0.3) is 6.08 Å². The van der Waals surface area contributed by atoms with Crippen LogP contribution in [0.15, 0.2) is 42.0 Å². The number of rotatable bonds is 10. The minimum Gasteiger partial charge on any atom is -0.496 e. The summed E-state index contributed by atoms with van der Waals surface area (Å²) in [4.78, 5) is 14.0. The van der Waals surface area contributed by atoms with Crippen molar-refractivity contribution in [2.45, 2.75) is 25.7 Å². The average Bonchev–Trinajstić information content (AvgIpc) is 3.25. The van der Waals surface area contributed by atoms with Crippen molar-refractivity contribution >= 4 is 11.9 Å². The molecule has 1 unspecified atom stereocenters. The Balaban J connectivity index is 2.06. The molecule has 0 aromatic heterocycles. The first-order chi connectivity index (χ1) is 18.9. The summed E-state index contributed by atoms with van der Waals surface area (Å²) < 4.78 is 27.6. The second kappa shape index (κ2) is 11.8. The van der Waals surface area contributed by atoms with Crippen LogP contribution in [0.1, 0.15) is 49.7 Å². The number of carbonyl (C=O) groups excluding carboxylic acids is 1. The number of carbonyl (C=O) groups is 1. The van der Waals surface area contributed by atoms with E-state index in [9.17, 15) is 20.1 Å². The Morgan fingerprint density at radius 2 is 1.38 bits per heavy atom. The number of hydrogen-bond donors (Lipinski definition) is 3. The van der Waals surface area contributed by atoms with Crippen LogP contribution in [-0.2, 0) is 19.8 Å². The molecule has 1 atom stereocenters. The predicted molar refractivity (Wildman–Crippen MR) is 144 cm³/mol. The molecule has 0 spiro atoms. The fourth-order valence-corrected chi connectivity index (χ4v) is 5.20. The summed E-state index contributed by atoms with van der Waals surface area (Å²) in [7, 11) is 7.52. The second-order valence-corrected chi connectivity index (χ2v) is 8.87. The van der Waals surface area contributed by atoms with Crippen LogP contribution in [0.5, 0.6) is 28.7 Å². The van der Waals surface area contributed by atoms with E-state index < -0.39 is 12.5 Å².